The molecule has 1 aliphatic rings. The minimum atomic E-state index is -1.09. The van der Waals surface area contributed by atoms with Gasteiger partial charge in [0.2, 0.25) is 0 Å². The van der Waals surface area contributed by atoms with Crippen LogP contribution in [0.3, 0.4) is 0 Å². The lowest BCUT2D eigenvalue weighted by atomic mass is 9.93. The van der Waals surface area contributed by atoms with E-state index in [1.165, 1.54) is 12.5 Å². The highest BCUT2D eigenvalue weighted by atomic mass is 16.7. The standard InChI is InChI=1S/C17H24O5/c1-6-19-13-10-12(17(5)21-8-9-22-17)11-14(20-7-2)15(13)16(3,4)18/h8-11,18H,6-7H2,1-5H3. The van der Waals surface area contributed by atoms with Crippen LogP contribution in [0.1, 0.15) is 45.7 Å². The average molecular weight is 308 g/mol. The first-order chi connectivity index (χ1) is 10.3. The Bertz CT molecular complexity index is 522. The third-order valence-electron chi connectivity index (χ3n) is 3.44. The molecule has 1 aromatic carbocycles. The molecule has 2 rings (SSSR count). The van der Waals surface area contributed by atoms with E-state index >= 15 is 0 Å². The van der Waals surface area contributed by atoms with Crippen molar-refractivity contribution in [2.24, 2.45) is 0 Å². The predicted molar refractivity (Wildman–Crippen MR) is 82.7 cm³/mol. The monoisotopic (exact) mass is 308 g/mol. The first-order valence-electron chi connectivity index (χ1n) is 7.49. The highest BCUT2D eigenvalue weighted by Gasteiger charge is 2.36. The summed E-state index contributed by atoms with van der Waals surface area (Å²) in [6.45, 7) is 9.99. The molecule has 1 heterocycles. The molecule has 0 saturated heterocycles. The number of rotatable bonds is 6. The van der Waals surface area contributed by atoms with Crippen molar-refractivity contribution in [3.8, 4) is 11.5 Å². The van der Waals surface area contributed by atoms with Crippen LogP contribution in [0, 0.1) is 0 Å². The van der Waals surface area contributed by atoms with Crippen molar-refractivity contribution in [2.75, 3.05) is 13.2 Å². The molecule has 122 valence electrons. The van der Waals surface area contributed by atoms with Crippen molar-refractivity contribution in [3.05, 3.63) is 35.8 Å². The normalized spacial score (nSPS) is 16.1. The molecule has 0 saturated carbocycles. The molecule has 5 heteroatoms. The summed E-state index contributed by atoms with van der Waals surface area (Å²) in [6, 6.07) is 3.65. The molecule has 0 amide bonds. The molecule has 0 bridgehead atoms. The van der Waals surface area contributed by atoms with Crippen molar-refractivity contribution < 1.29 is 24.1 Å². The summed E-state index contributed by atoms with van der Waals surface area (Å²) in [4.78, 5) is 0. The largest absolute Gasteiger partial charge is 0.493 e. The Hall–Kier alpha value is -1.88. The van der Waals surface area contributed by atoms with Crippen LogP contribution in [0.15, 0.2) is 24.7 Å². The van der Waals surface area contributed by atoms with Crippen LogP contribution in [0.2, 0.25) is 0 Å². The summed E-state index contributed by atoms with van der Waals surface area (Å²) in [7, 11) is 0. The van der Waals surface area contributed by atoms with Gasteiger partial charge in [0, 0.05) is 12.5 Å². The zero-order valence-electron chi connectivity index (χ0n) is 13.8. The van der Waals surface area contributed by atoms with Crippen LogP contribution >= 0.6 is 0 Å². The predicted octanol–water partition coefficient (Wildman–Crippen LogP) is 3.40. The third-order valence-corrected chi connectivity index (χ3v) is 3.44. The summed E-state index contributed by atoms with van der Waals surface area (Å²) < 4.78 is 22.5. The maximum atomic E-state index is 10.5. The van der Waals surface area contributed by atoms with Gasteiger partial charge in [0.05, 0.1) is 24.4 Å². The van der Waals surface area contributed by atoms with Crippen LogP contribution in [-0.4, -0.2) is 18.3 Å². The van der Waals surface area contributed by atoms with E-state index in [0.717, 1.165) is 5.56 Å². The van der Waals surface area contributed by atoms with Crippen molar-refractivity contribution in [2.45, 2.75) is 46.0 Å². The molecule has 0 unspecified atom stereocenters. The van der Waals surface area contributed by atoms with Gasteiger partial charge in [0.25, 0.3) is 5.79 Å². The van der Waals surface area contributed by atoms with Crippen LogP contribution in [0.5, 0.6) is 11.5 Å². The Kier molecular flexibility index (Phi) is 4.56. The zero-order valence-corrected chi connectivity index (χ0v) is 13.8. The summed E-state index contributed by atoms with van der Waals surface area (Å²) in [5.74, 6) is 0.211. The number of hydrogen-bond acceptors (Lipinski definition) is 5. The van der Waals surface area contributed by atoms with Crippen molar-refractivity contribution in [1.82, 2.24) is 0 Å². The van der Waals surface area contributed by atoms with E-state index < -0.39 is 11.4 Å². The topological polar surface area (TPSA) is 57.2 Å². The molecule has 0 aliphatic carbocycles. The Labute approximate surface area is 131 Å². The van der Waals surface area contributed by atoms with E-state index in [1.807, 2.05) is 32.9 Å². The lowest BCUT2D eigenvalue weighted by Crippen LogP contribution is -2.25. The second-order valence-corrected chi connectivity index (χ2v) is 5.73. The fourth-order valence-corrected chi connectivity index (χ4v) is 2.47. The van der Waals surface area contributed by atoms with Crippen LogP contribution in [0.4, 0.5) is 0 Å². The quantitative estimate of drug-likeness (QED) is 0.873. The Morgan fingerprint density at radius 3 is 1.86 bits per heavy atom. The fourth-order valence-electron chi connectivity index (χ4n) is 2.47. The maximum absolute atomic E-state index is 10.5. The van der Waals surface area contributed by atoms with E-state index in [2.05, 4.69) is 0 Å². The maximum Gasteiger partial charge on any atom is 0.274 e. The second kappa shape index (κ2) is 6.08. The number of benzene rings is 1. The van der Waals surface area contributed by atoms with E-state index in [4.69, 9.17) is 18.9 Å². The van der Waals surface area contributed by atoms with Gasteiger partial charge in [-0.15, -0.1) is 0 Å². The summed E-state index contributed by atoms with van der Waals surface area (Å²) in [5.41, 5.74) is 0.288. The molecule has 0 atom stereocenters. The van der Waals surface area contributed by atoms with Crippen LogP contribution in [0.25, 0.3) is 0 Å². The molecule has 1 aliphatic heterocycles. The molecule has 5 nitrogen and oxygen atoms in total. The lowest BCUT2D eigenvalue weighted by molar-refractivity contribution is -0.133. The molecule has 0 radical (unpaired) electrons. The molecular weight excluding hydrogens is 284 g/mol. The van der Waals surface area contributed by atoms with Gasteiger partial charge in [0.15, 0.2) is 0 Å². The van der Waals surface area contributed by atoms with Crippen LogP contribution in [-0.2, 0) is 20.9 Å². The molecule has 0 fully saturated rings. The minimum absolute atomic E-state index is 0.481. The molecular formula is C17H24O5. The van der Waals surface area contributed by atoms with E-state index in [0.29, 0.717) is 30.3 Å². The highest BCUT2D eigenvalue weighted by Crippen LogP contribution is 2.43. The highest BCUT2D eigenvalue weighted by molar-refractivity contribution is 5.52. The van der Waals surface area contributed by atoms with Gasteiger partial charge < -0.3 is 24.1 Å². The van der Waals surface area contributed by atoms with Gasteiger partial charge in [-0.2, -0.15) is 0 Å². The Morgan fingerprint density at radius 1 is 1.05 bits per heavy atom. The SMILES string of the molecule is CCOc1cc(C2(C)OC=CO2)cc(OCC)c1C(C)(C)O. The number of aliphatic hydroxyl groups is 1. The first-order valence-corrected chi connectivity index (χ1v) is 7.49. The van der Waals surface area contributed by atoms with Crippen LogP contribution < -0.4 is 9.47 Å². The summed E-state index contributed by atoms with van der Waals surface area (Å²) >= 11 is 0. The van der Waals surface area contributed by atoms with Gasteiger partial charge in [-0.25, -0.2) is 0 Å². The Balaban J connectivity index is 2.59. The van der Waals surface area contributed by atoms with Gasteiger partial charge in [-0.05, 0) is 39.8 Å². The fraction of sp³-hybridized carbons (Fsp3) is 0.529. The minimum Gasteiger partial charge on any atom is -0.493 e. The molecule has 1 aromatic rings. The van der Waals surface area contributed by atoms with Gasteiger partial charge in [0.1, 0.15) is 24.0 Å². The van der Waals surface area contributed by atoms with E-state index in [-0.39, 0.29) is 0 Å². The lowest BCUT2D eigenvalue weighted by Gasteiger charge is -2.29. The molecule has 1 N–H and O–H groups in total. The number of hydrogen-bond donors (Lipinski definition) is 1. The van der Waals surface area contributed by atoms with Gasteiger partial charge in [-0.3, -0.25) is 0 Å². The molecule has 22 heavy (non-hydrogen) atoms. The number of ether oxygens (including phenoxy) is 4. The van der Waals surface area contributed by atoms with Crippen molar-refractivity contribution in [3.63, 3.8) is 0 Å². The second-order valence-electron chi connectivity index (χ2n) is 5.73. The average Bonchev–Trinajstić information content (AvgIpc) is 2.86. The van der Waals surface area contributed by atoms with Crippen molar-refractivity contribution >= 4 is 0 Å². The molecule has 0 spiro atoms. The van der Waals surface area contributed by atoms with Gasteiger partial charge in [-0.1, -0.05) is 0 Å². The molecule has 0 aromatic heterocycles. The summed E-state index contributed by atoms with van der Waals surface area (Å²) in [6.07, 6.45) is 3.01. The van der Waals surface area contributed by atoms with E-state index in [9.17, 15) is 5.11 Å². The smallest absolute Gasteiger partial charge is 0.274 e. The summed E-state index contributed by atoms with van der Waals surface area (Å²) in [5, 5.41) is 10.5. The Morgan fingerprint density at radius 2 is 1.50 bits per heavy atom. The van der Waals surface area contributed by atoms with Gasteiger partial charge >= 0.3 is 0 Å². The third kappa shape index (κ3) is 3.14. The zero-order chi connectivity index (χ0) is 16.4. The van der Waals surface area contributed by atoms with Crippen molar-refractivity contribution in [1.29, 1.82) is 0 Å². The van der Waals surface area contributed by atoms with E-state index in [1.54, 1.807) is 13.8 Å². The first kappa shape index (κ1) is 16.5.